The van der Waals surface area contributed by atoms with Gasteiger partial charge in [0.25, 0.3) is 5.69 Å². The van der Waals surface area contributed by atoms with Gasteiger partial charge in [0.2, 0.25) is 0 Å². The number of benzene rings is 1. The first kappa shape index (κ1) is 11.8. The van der Waals surface area contributed by atoms with E-state index in [1.54, 1.807) is 0 Å². The summed E-state index contributed by atoms with van der Waals surface area (Å²) in [6.07, 6.45) is 0. The maximum Gasteiger partial charge on any atom is 1.00 e. The predicted molar refractivity (Wildman–Crippen MR) is 37.4 cm³/mol. The summed E-state index contributed by atoms with van der Waals surface area (Å²) in [6, 6.07) is 5.04. The molecule has 1 aromatic rings. The molecule has 0 fully saturated rings. The molecule has 0 saturated carbocycles. The van der Waals surface area contributed by atoms with Crippen LogP contribution in [-0.2, 0) is 22.4 Å². The second-order valence-corrected chi connectivity index (χ2v) is 2.06. The Hall–Kier alpha value is -1.17. The second-order valence-electron chi connectivity index (χ2n) is 2.06. The molecule has 72 valence electrons. The first-order valence-corrected chi connectivity index (χ1v) is 3.07. The van der Waals surface area contributed by atoms with Crippen LogP contribution in [0, 0.1) is 10.1 Å². The zero-order valence-electron chi connectivity index (χ0n) is 6.19. The molecule has 0 atom stereocenters. The summed E-state index contributed by atoms with van der Waals surface area (Å²) in [5.41, 5.74) is -0.847. The summed E-state index contributed by atoms with van der Waals surface area (Å²) in [4.78, 5) is 19.8. The number of carbonyl (C=O) groups is 1. The van der Waals surface area contributed by atoms with Crippen molar-refractivity contribution in [2.75, 3.05) is 0 Å². The van der Waals surface area contributed by atoms with Crippen molar-refractivity contribution < 1.29 is 37.2 Å². The Kier molecular flexibility index (Phi) is 4.33. The number of carboxylic acids is 1. The van der Waals surface area contributed by atoms with E-state index in [-0.39, 0.29) is 22.4 Å². The molecule has 0 aromatic heterocycles. The molecular weight excluding hydrogens is 270 g/mol. The first-order chi connectivity index (χ1) is 5.63. The molecule has 0 bridgehead atoms. The van der Waals surface area contributed by atoms with Gasteiger partial charge in [-0.05, 0) is 6.07 Å². The number of nitro benzene ring substituents is 1. The zero-order chi connectivity index (χ0) is 9.14. The number of hydrogen-bond donors (Lipinski definition) is 0. The fraction of sp³-hybridized carbons (Fsp3) is 0. The topological polar surface area (TPSA) is 83.3 Å². The molecule has 13 heavy (non-hydrogen) atoms. The second kappa shape index (κ2) is 4.76. The van der Waals surface area contributed by atoms with Gasteiger partial charge in [0.15, 0.2) is 0 Å². The number of carboxylic acid groups (broad SMARTS) is 1. The van der Waals surface area contributed by atoms with E-state index in [0.717, 1.165) is 12.1 Å². The van der Waals surface area contributed by atoms with Gasteiger partial charge in [-0.3, -0.25) is 10.1 Å². The molecule has 0 N–H and O–H groups in total. The van der Waals surface area contributed by atoms with Crippen LogP contribution < -0.4 is 5.11 Å². The average molecular weight is 274 g/mol. The van der Waals surface area contributed by atoms with Crippen LogP contribution in [0.5, 0.6) is 0 Å². The van der Waals surface area contributed by atoms with E-state index >= 15 is 0 Å². The number of rotatable bonds is 2. The first-order valence-electron chi connectivity index (χ1n) is 3.07. The quantitative estimate of drug-likeness (QED) is 0.430. The molecular formula is C7H4AgNO4. The maximum absolute atomic E-state index is 10.3. The Morgan fingerprint density at radius 1 is 1.31 bits per heavy atom. The SMILES string of the molecule is O=C([O-])c1ccccc1[N+](=O)[O-].[Ag+]. The van der Waals surface area contributed by atoms with Gasteiger partial charge in [0.1, 0.15) is 0 Å². The molecule has 0 saturated heterocycles. The molecule has 0 aliphatic carbocycles. The summed E-state index contributed by atoms with van der Waals surface area (Å²) in [6.45, 7) is 0. The Morgan fingerprint density at radius 2 is 1.85 bits per heavy atom. The minimum absolute atomic E-state index is 0. The molecule has 0 radical (unpaired) electrons. The van der Waals surface area contributed by atoms with Gasteiger partial charge in [-0.15, -0.1) is 0 Å². The molecule has 0 unspecified atom stereocenters. The molecule has 1 rings (SSSR count). The summed E-state index contributed by atoms with van der Waals surface area (Å²) in [5.74, 6) is -1.54. The summed E-state index contributed by atoms with van der Waals surface area (Å²) in [7, 11) is 0. The van der Waals surface area contributed by atoms with E-state index < -0.39 is 22.1 Å². The minimum atomic E-state index is -1.54. The molecule has 0 heterocycles. The van der Waals surface area contributed by atoms with Crippen molar-refractivity contribution in [3.05, 3.63) is 39.9 Å². The summed E-state index contributed by atoms with van der Waals surface area (Å²) in [5, 5.41) is 20.6. The third-order valence-corrected chi connectivity index (χ3v) is 1.32. The van der Waals surface area contributed by atoms with E-state index in [4.69, 9.17) is 0 Å². The standard InChI is InChI=1S/C7H5NO4.Ag/c9-7(10)5-3-1-2-4-6(5)8(11)12;/h1-4H,(H,9,10);/q;+1/p-1. The Morgan fingerprint density at radius 3 is 2.23 bits per heavy atom. The normalized spacial score (nSPS) is 8.62. The third kappa shape index (κ3) is 2.66. The van der Waals surface area contributed by atoms with Crippen molar-refractivity contribution in [2.24, 2.45) is 0 Å². The van der Waals surface area contributed by atoms with Crippen molar-refractivity contribution >= 4 is 11.7 Å². The molecule has 0 spiro atoms. The third-order valence-electron chi connectivity index (χ3n) is 1.32. The fourth-order valence-electron chi connectivity index (χ4n) is 0.805. The monoisotopic (exact) mass is 273 g/mol. The number of hydrogen-bond acceptors (Lipinski definition) is 4. The van der Waals surface area contributed by atoms with Gasteiger partial charge < -0.3 is 9.90 Å². The molecule has 5 nitrogen and oxygen atoms in total. The van der Waals surface area contributed by atoms with Crippen molar-refractivity contribution in [1.82, 2.24) is 0 Å². The largest absolute Gasteiger partial charge is 1.00 e. The van der Waals surface area contributed by atoms with E-state index in [1.165, 1.54) is 12.1 Å². The van der Waals surface area contributed by atoms with Gasteiger partial charge in [0.05, 0.1) is 16.5 Å². The van der Waals surface area contributed by atoms with Crippen LogP contribution in [-0.4, -0.2) is 10.9 Å². The number of aromatic carboxylic acids is 1. The van der Waals surface area contributed by atoms with E-state index in [9.17, 15) is 20.0 Å². The molecule has 6 heteroatoms. The number of carbonyl (C=O) groups excluding carboxylic acids is 1. The molecule has 0 aliphatic rings. The summed E-state index contributed by atoms with van der Waals surface area (Å²) >= 11 is 0. The van der Waals surface area contributed by atoms with Gasteiger partial charge >= 0.3 is 22.4 Å². The molecule has 0 amide bonds. The van der Waals surface area contributed by atoms with E-state index in [0.29, 0.717) is 0 Å². The predicted octanol–water partition coefficient (Wildman–Crippen LogP) is -0.0442. The Labute approximate surface area is 89.0 Å². The smallest absolute Gasteiger partial charge is 0.545 e. The molecule has 0 aliphatic heterocycles. The number of para-hydroxylation sites is 1. The van der Waals surface area contributed by atoms with Crippen LogP contribution in [0.15, 0.2) is 24.3 Å². The Bertz CT molecular complexity index is 306. The van der Waals surface area contributed by atoms with Crippen molar-refractivity contribution in [1.29, 1.82) is 0 Å². The van der Waals surface area contributed by atoms with Crippen LogP contribution >= 0.6 is 0 Å². The van der Waals surface area contributed by atoms with Crippen molar-refractivity contribution in [3.63, 3.8) is 0 Å². The van der Waals surface area contributed by atoms with E-state index in [2.05, 4.69) is 0 Å². The van der Waals surface area contributed by atoms with Crippen LogP contribution in [0.2, 0.25) is 0 Å². The fourth-order valence-corrected chi connectivity index (χ4v) is 0.805. The van der Waals surface area contributed by atoms with Gasteiger partial charge in [-0.2, -0.15) is 0 Å². The number of nitro groups is 1. The average Bonchev–Trinajstić information content (AvgIpc) is 2.04. The maximum atomic E-state index is 10.3. The van der Waals surface area contributed by atoms with E-state index in [1.807, 2.05) is 0 Å². The number of nitrogens with zero attached hydrogens (tertiary/aromatic N) is 1. The van der Waals surface area contributed by atoms with Crippen LogP contribution in [0.1, 0.15) is 10.4 Å². The summed E-state index contributed by atoms with van der Waals surface area (Å²) < 4.78 is 0. The van der Waals surface area contributed by atoms with Crippen LogP contribution in [0.25, 0.3) is 0 Å². The van der Waals surface area contributed by atoms with Crippen LogP contribution in [0.3, 0.4) is 0 Å². The Balaban J connectivity index is 0.00000144. The minimum Gasteiger partial charge on any atom is -0.545 e. The van der Waals surface area contributed by atoms with Crippen molar-refractivity contribution in [2.45, 2.75) is 0 Å². The van der Waals surface area contributed by atoms with Crippen LogP contribution in [0.4, 0.5) is 5.69 Å². The van der Waals surface area contributed by atoms with Gasteiger partial charge in [0, 0.05) is 6.07 Å². The van der Waals surface area contributed by atoms with Gasteiger partial charge in [-0.25, -0.2) is 0 Å². The van der Waals surface area contributed by atoms with Crippen molar-refractivity contribution in [3.8, 4) is 0 Å². The molecule has 1 aromatic carbocycles. The zero-order valence-corrected chi connectivity index (χ0v) is 7.67. The van der Waals surface area contributed by atoms with Gasteiger partial charge in [-0.1, -0.05) is 12.1 Å².